The summed E-state index contributed by atoms with van der Waals surface area (Å²) in [5.74, 6) is 3.54. The number of para-hydroxylation sites is 1. The van der Waals surface area contributed by atoms with E-state index in [0.717, 1.165) is 34.1 Å². The highest BCUT2D eigenvalue weighted by Crippen LogP contribution is 2.38. The van der Waals surface area contributed by atoms with Crippen molar-refractivity contribution in [1.82, 2.24) is 9.80 Å². The smallest absolute Gasteiger partial charge is 0.254 e. The fourth-order valence-corrected chi connectivity index (χ4v) is 4.34. The van der Waals surface area contributed by atoms with Crippen molar-refractivity contribution in [2.45, 2.75) is 6.92 Å². The molecular formula is C27H27N3O4. The second-order valence-corrected chi connectivity index (χ2v) is 8.35. The molecular weight excluding hydrogens is 430 g/mol. The quantitative estimate of drug-likeness (QED) is 0.573. The molecule has 0 radical (unpaired) electrons. The SMILES string of the molecule is COc1ccc(C(=O)N2CCN(C3=Nc4ccc(C)cc4Oc4ccccc43)CC2)cc1OC. The molecule has 3 aromatic rings. The number of hydrogen-bond acceptors (Lipinski definition) is 6. The first-order chi connectivity index (χ1) is 16.6. The van der Waals surface area contributed by atoms with Gasteiger partial charge < -0.3 is 24.0 Å². The Bertz CT molecular complexity index is 1260. The number of amides is 1. The van der Waals surface area contributed by atoms with E-state index in [1.807, 2.05) is 54.3 Å². The first-order valence-corrected chi connectivity index (χ1v) is 11.3. The summed E-state index contributed by atoms with van der Waals surface area (Å²) in [5, 5.41) is 0. The van der Waals surface area contributed by atoms with Gasteiger partial charge in [0.2, 0.25) is 0 Å². The van der Waals surface area contributed by atoms with E-state index < -0.39 is 0 Å². The molecule has 5 rings (SSSR count). The van der Waals surface area contributed by atoms with Crippen molar-refractivity contribution >= 4 is 17.4 Å². The molecule has 0 aromatic heterocycles. The lowest BCUT2D eigenvalue weighted by molar-refractivity contribution is 0.0691. The molecule has 2 heterocycles. The van der Waals surface area contributed by atoms with Gasteiger partial charge in [-0.3, -0.25) is 4.79 Å². The Balaban J connectivity index is 1.38. The van der Waals surface area contributed by atoms with Gasteiger partial charge in [-0.1, -0.05) is 18.2 Å². The van der Waals surface area contributed by atoms with Crippen molar-refractivity contribution in [3.05, 3.63) is 77.4 Å². The highest BCUT2D eigenvalue weighted by molar-refractivity contribution is 6.04. The summed E-state index contributed by atoms with van der Waals surface area (Å²) in [5.41, 5.74) is 3.47. The number of fused-ring (bicyclic) bond motifs is 2. The number of amidine groups is 1. The molecule has 1 amide bonds. The average Bonchev–Trinajstić information content (AvgIpc) is 3.04. The molecule has 7 heteroatoms. The van der Waals surface area contributed by atoms with E-state index in [-0.39, 0.29) is 5.91 Å². The van der Waals surface area contributed by atoms with Crippen molar-refractivity contribution in [3.8, 4) is 23.0 Å². The molecule has 174 valence electrons. The summed E-state index contributed by atoms with van der Waals surface area (Å²) >= 11 is 0. The normalized spacial score (nSPS) is 14.9. The summed E-state index contributed by atoms with van der Waals surface area (Å²) in [7, 11) is 3.15. The molecule has 1 saturated heterocycles. The van der Waals surface area contributed by atoms with Crippen LogP contribution < -0.4 is 14.2 Å². The van der Waals surface area contributed by atoms with E-state index in [0.29, 0.717) is 43.2 Å². The van der Waals surface area contributed by atoms with Crippen LogP contribution in [-0.4, -0.2) is 61.9 Å². The summed E-state index contributed by atoms with van der Waals surface area (Å²) < 4.78 is 16.9. The van der Waals surface area contributed by atoms with Gasteiger partial charge in [0.1, 0.15) is 17.3 Å². The van der Waals surface area contributed by atoms with Crippen LogP contribution in [0, 0.1) is 6.92 Å². The van der Waals surface area contributed by atoms with E-state index in [9.17, 15) is 4.79 Å². The Morgan fingerprint density at radius 3 is 2.41 bits per heavy atom. The fourth-order valence-electron chi connectivity index (χ4n) is 4.34. The fraction of sp³-hybridized carbons (Fsp3) is 0.259. The number of carbonyl (C=O) groups excluding carboxylic acids is 1. The Morgan fingerprint density at radius 2 is 1.65 bits per heavy atom. The zero-order valence-corrected chi connectivity index (χ0v) is 19.6. The van der Waals surface area contributed by atoms with Gasteiger partial charge in [-0.15, -0.1) is 0 Å². The predicted molar refractivity (Wildman–Crippen MR) is 131 cm³/mol. The van der Waals surface area contributed by atoms with Gasteiger partial charge in [-0.05, 0) is 55.0 Å². The first kappa shape index (κ1) is 21.8. The number of ether oxygens (including phenoxy) is 3. The number of methoxy groups -OCH3 is 2. The van der Waals surface area contributed by atoms with Gasteiger partial charge in [0.25, 0.3) is 5.91 Å². The maximum atomic E-state index is 13.2. The number of rotatable bonds is 3. The summed E-state index contributed by atoms with van der Waals surface area (Å²) in [6.07, 6.45) is 0. The molecule has 0 atom stereocenters. The molecule has 0 N–H and O–H groups in total. The number of carbonyl (C=O) groups is 1. The number of nitrogens with zero attached hydrogens (tertiary/aromatic N) is 3. The highest BCUT2D eigenvalue weighted by atomic mass is 16.5. The van der Waals surface area contributed by atoms with Crippen LogP contribution in [-0.2, 0) is 0 Å². The largest absolute Gasteiger partial charge is 0.493 e. The Morgan fingerprint density at radius 1 is 0.882 bits per heavy atom. The third-order valence-electron chi connectivity index (χ3n) is 6.19. The van der Waals surface area contributed by atoms with Crippen molar-refractivity contribution < 1.29 is 19.0 Å². The predicted octanol–water partition coefficient (Wildman–Crippen LogP) is 4.65. The Hall–Kier alpha value is -4.00. The lowest BCUT2D eigenvalue weighted by Crippen LogP contribution is -2.50. The van der Waals surface area contributed by atoms with Crippen molar-refractivity contribution in [2.75, 3.05) is 40.4 Å². The van der Waals surface area contributed by atoms with Crippen molar-refractivity contribution in [1.29, 1.82) is 0 Å². The topological polar surface area (TPSA) is 63.6 Å². The zero-order chi connectivity index (χ0) is 23.7. The molecule has 0 spiro atoms. The van der Waals surface area contributed by atoms with E-state index >= 15 is 0 Å². The van der Waals surface area contributed by atoms with Crippen LogP contribution in [0.4, 0.5) is 5.69 Å². The molecule has 3 aromatic carbocycles. The first-order valence-electron chi connectivity index (χ1n) is 11.3. The summed E-state index contributed by atoms with van der Waals surface area (Å²) in [6.45, 7) is 4.58. The third-order valence-corrected chi connectivity index (χ3v) is 6.19. The summed E-state index contributed by atoms with van der Waals surface area (Å²) in [4.78, 5) is 22.3. The van der Waals surface area contributed by atoms with E-state index in [4.69, 9.17) is 19.2 Å². The minimum Gasteiger partial charge on any atom is -0.493 e. The molecule has 34 heavy (non-hydrogen) atoms. The minimum absolute atomic E-state index is 0.0204. The monoisotopic (exact) mass is 457 g/mol. The molecule has 7 nitrogen and oxygen atoms in total. The molecule has 0 unspecified atom stereocenters. The van der Waals surface area contributed by atoms with Crippen LogP contribution in [0.15, 0.2) is 65.7 Å². The van der Waals surface area contributed by atoms with Crippen LogP contribution >= 0.6 is 0 Å². The van der Waals surface area contributed by atoms with Gasteiger partial charge in [0.15, 0.2) is 17.2 Å². The number of aryl methyl sites for hydroxylation is 1. The molecule has 0 saturated carbocycles. The summed E-state index contributed by atoms with van der Waals surface area (Å²) in [6, 6.07) is 19.3. The second kappa shape index (κ2) is 9.09. The lowest BCUT2D eigenvalue weighted by Gasteiger charge is -2.36. The minimum atomic E-state index is -0.0204. The number of aliphatic imine (C=N–C) groups is 1. The number of piperazine rings is 1. The van der Waals surface area contributed by atoms with Crippen LogP contribution in [0.1, 0.15) is 21.5 Å². The highest BCUT2D eigenvalue weighted by Gasteiger charge is 2.28. The zero-order valence-electron chi connectivity index (χ0n) is 19.6. The van der Waals surface area contributed by atoms with Gasteiger partial charge >= 0.3 is 0 Å². The molecule has 0 aliphatic carbocycles. The number of benzene rings is 3. The maximum absolute atomic E-state index is 13.2. The van der Waals surface area contributed by atoms with Crippen LogP contribution in [0.25, 0.3) is 0 Å². The molecule has 2 aliphatic rings. The van der Waals surface area contributed by atoms with Crippen LogP contribution in [0.5, 0.6) is 23.0 Å². The lowest BCUT2D eigenvalue weighted by atomic mass is 10.1. The van der Waals surface area contributed by atoms with Crippen molar-refractivity contribution in [3.63, 3.8) is 0 Å². The van der Waals surface area contributed by atoms with Crippen LogP contribution in [0.2, 0.25) is 0 Å². The van der Waals surface area contributed by atoms with Gasteiger partial charge in [-0.25, -0.2) is 4.99 Å². The van der Waals surface area contributed by atoms with Gasteiger partial charge in [0.05, 0.1) is 19.8 Å². The molecule has 1 fully saturated rings. The van der Waals surface area contributed by atoms with Crippen LogP contribution in [0.3, 0.4) is 0 Å². The third kappa shape index (κ3) is 4.05. The second-order valence-electron chi connectivity index (χ2n) is 8.35. The maximum Gasteiger partial charge on any atom is 0.254 e. The van der Waals surface area contributed by atoms with E-state index in [1.54, 1.807) is 32.4 Å². The molecule has 2 aliphatic heterocycles. The van der Waals surface area contributed by atoms with Gasteiger partial charge in [0, 0.05) is 31.7 Å². The number of hydrogen-bond donors (Lipinski definition) is 0. The average molecular weight is 458 g/mol. The Labute approximate surface area is 199 Å². The molecule has 0 bridgehead atoms. The Kier molecular flexibility index (Phi) is 5.84. The van der Waals surface area contributed by atoms with Crippen molar-refractivity contribution in [2.24, 2.45) is 4.99 Å². The van der Waals surface area contributed by atoms with Gasteiger partial charge in [-0.2, -0.15) is 0 Å². The van der Waals surface area contributed by atoms with E-state index in [2.05, 4.69) is 4.90 Å². The standard InChI is InChI=1S/C27H27N3O4/c1-18-8-10-21-24(16-18)34-22-7-5-4-6-20(22)26(28-21)29-12-14-30(15-13-29)27(31)19-9-11-23(32-2)25(17-19)33-3/h4-11,16-17H,12-15H2,1-3H3. The van der Waals surface area contributed by atoms with E-state index in [1.165, 1.54) is 0 Å².